The summed E-state index contributed by atoms with van der Waals surface area (Å²) in [5, 5.41) is 2.55. The third-order valence-corrected chi connectivity index (χ3v) is 3.92. The van der Waals surface area contributed by atoms with E-state index in [4.69, 9.17) is 0 Å². The van der Waals surface area contributed by atoms with Crippen LogP contribution in [-0.2, 0) is 4.79 Å². The number of halogens is 2. The third-order valence-electron chi connectivity index (χ3n) is 3.00. The number of nitrogens with one attached hydrogen (secondary N) is 1. The Labute approximate surface area is 138 Å². The molecule has 0 fully saturated rings. The van der Waals surface area contributed by atoms with E-state index in [9.17, 15) is 13.6 Å². The Morgan fingerprint density at radius 2 is 1.87 bits per heavy atom. The SMILES string of the molecule is O=C(CCSC/C=C/c1ccccc1)Nc1ccc(F)c(F)c1. The molecule has 2 nitrogen and oxygen atoms in total. The molecule has 0 bridgehead atoms. The lowest BCUT2D eigenvalue weighted by Gasteiger charge is -2.05. The average Bonchev–Trinajstić information content (AvgIpc) is 2.55. The van der Waals surface area contributed by atoms with Crippen molar-refractivity contribution in [2.45, 2.75) is 6.42 Å². The van der Waals surface area contributed by atoms with Gasteiger partial charge in [0.2, 0.25) is 5.91 Å². The zero-order valence-electron chi connectivity index (χ0n) is 12.5. The van der Waals surface area contributed by atoms with Crippen molar-refractivity contribution in [1.82, 2.24) is 0 Å². The van der Waals surface area contributed by atoms with Crippen LogP contribution in [0, 0.1) is 11.6 Å². The Bertz CT molecular complexity index is 674. The van der Waals surface area contributed by atoms with Crippen LogP contribution >= 0.6 is 11.8 Å². The number of amides is 1. The number of benzene rings is 2. The zero-order chi connectivity index (χ0) is 16.5. The number of carbonyl (C=O) groups is 1. The second-order valence-electron chi connectivity index (χ2n) is 4.82. The van der Waals surface area contributed by atoms with Gasteiger partial charge in [0, 0.05) is 29.7 Å². The number of hydrogen-bond acceptors (Lipinski definition) is 2. The molecule has 23 heavy (non-hydrogen) atoms. The molecule has 1 amide bonds. The minimum atomic E-state index is -0.969. The molecule has 0 aliphatic rings. The van der Waals surface area contributed by atoms with Gasteiger partial charge in [-0.15, -0.1) is 0 Å². The number of hydrogen-bond donors (Lipinski definition) is 1. The highest BCUT2D eigenvalue weighted by Crippen LogP contribution is 2.14. The van der Waals surface area contributed by atoms with Crippen molar-refractivity contribution in [3.8, 4) is 0 Å². The first-order valence-corrected chi connectivity index (χ1v) is 8.35. The van der Waals surface area contributed by atoms with Gasteiger partial charge in [-0.05, 0) is 17.7 Å². The fourth-order valence-electron chi connectivity index (χ4n) is 1.86. The van der Waals surface area contributed by atoms with Crippen LogP contribution in [0.15, 0.2) is 54.6 Å². The molecule has 0 unspecified atom stereocenters. The molecule has 0 aliphatic carbocycles. The van der Waals surface area contributed by atoms with Crippen LogP contribution in [0.1, 0.15) is 12.0 Å². The first kappa shape index (κ1) is 17.2. The first-order chi connectivity index (χ1) is 11.1. The predicted molar refractivity (Wildman–Crippen MR) is 92.4 cm³/mol. The van der Waals surface area contributed by atoms with Gasteiger partial charge in [0.25, 0.3) is 0 Å². The van der Waals surface area contributed by atoms with Gasteiger partial charge in [-0.3, -0.25) is 4.79 Å². The van der Waals surface area contributed by atoms with E-state index in [0.717, 1.165) is 23.4 Å². The minimum Gasteiger partial charge on any atom is -0.326 e. The van der Waals surface area contributed by atoms with Crippen molar-refractivity contribution < 1.29 is 13.6 Å². The molecule has 0 saturated carbocycles. The lowest BCUT2D eigenvalue weighted by Crippen LogP contribution is -2.12. The Morgan fingerprint density at radius 1 is 1.09 bits per heavy atom. The van der Waals surface area contributed by atoms with Gasteiger partial charge < -0.3 is 5.32 Å². The van der Waals surface area contributed by atoms with Crippen LogP contribution in [-0.4, -0.2) is 17.4 Å². The molecule has 5 heteroatoms. The van der Waals surface area contributed by atoms with E-state index >= 15 is 0 Å². The van der Waals surface area contributed by atoms with Crippen molar-refractivity contribution in [3.63, 3.8) is 0 Å². The molecule has 120 valence electrons. The highest BCUT2D eigenvalue weighted by molar-refractivity contribution is 7.99. The molecular formula is C18H17F2NOS. The van der Waals surface area contributed by atoms with E-state index in [-0.39, 0.29) is 11.6 Å². The Balaban J connectivity index is 1.65. The summed E-state index contributed by atoms with van der Waals surface area (Å²) in [6, 6.07) is 13.3. The fourth-order valence-corrected chi connectivity index (χ4v) is 2.59. The molecule has 0 saturated heterocycles. The zero-order valence-corrected chi connectivity index (χ0v) is 13.3. The second-order valence-corrected chi connectivity index (χ2v) is 5.96. The molecule has 2 aromatic carbocycles. The summed E-state index contributed by atoms with van der Waals surface area (Å²) in [7, 11) is 0. The van der Waals surface area contributed by atoms with Crippen LogP contribution in [0.2, 0.25) is 0 Å². The first-order valence-electron chi connectivity index (χ1n) is 7.19. The van der Waals surface area contributed by atoms with Crippen molar-refractivity contribution in [1.29, 1.82) is 0 Å². The van der Waals surface area contributed by atoms with E-state index in [1.807, 2.05) is 42.5 Å². The predicted octanol–water partition coefficient (Wildman–Crippen LogP) is 4.74. The molecule has 0 spiro atoms. The van der Waals surface area contributed by atoms with Gasteiger partial charge in [-0.25, -0.2) is 8.78 Å². The van der Waals surface area contributed by atoms with Crippen LogP contribution in [0.4, 0.5) is 14.5 Å². The van der Waals surface area contributed by atoms with Crippen LogP contribution in [0.5, 0.6) is 0 Å². The Morgan fingerprint density at radius 3 is 2.61 bits per heavy atom. The normalized spacial score (nSPS) is 10.9. The summed E-state index contributed by atoms with van der Waals surface area (Å²) in [5.74, 6) is -0.635. The molecule has 2 aromatic rings. The third kappa shape index (κ3) is 6.24. The van der Waals surface area contributed by atoms with Gasteiger partial charge in [-0.1, -0.05) is 42.5 Å². The standard InChI is InChI=1S/C18H17F2NOS/c19-16-9-8-15(13-17(16)20)21-18(22)10-12-23-11-4-7-14-5-2-1-3-6-14/h1-9,13H,10-12H2,(H,21,22)/b7-4+. The molecule has 1 N–H and O–H groups in total. The van der Waals surface area contributed by atoms with Crippen molar-refractivity contribution in [2.24, 2.45) is 0 Å². The summed E-state index contributed by atoms with van der Waals surface area (Å²) >= 11 is 1.64. The minimum absolute atomic E-state index is 0.212. The summed E-state index contributed by atoms with van der Waals surface area (Å²) in [6.45, 7) is 0. The number of thioether (sulfide) groups is 1. The smallest absolute Gasteiger partial charge is 0.225 e. The fraction of sp³-hybridized carbons (Fsp3) is 0.167. The summed E-state index contributed by atoms with van der Waals surface area (Å²) in [6.07, 6.45) is 4.41. The molecule has 0 heterocycles. The van der Waals surface area contributed by atoms with E-state index < -0.39 is 11.6 Å². The number of carbonyl (C=O) groups excluding carboxylic acids is 1. The Hall–Kier alpha value is -2.14. The van der Waals surface area contributed by atoms with Gasteiger partial charge in [0.1, 0.15) is 0 Å². The molecule has 2 rings (SSSR count). The van der Waals surface area contributed by atoms with Crippen LogP contribution in [0.25, 0.3) is 6.08 Å². The molecule has 0 aliphatic heterocycles. The van der Waals surface area contributed by atoms with Crippen LogP contribution < -0.4 is 5.32 Å². The molecule has 0 aromatic heterocycles. The Kier molecular flexibility index (Phi) is 6.81. The lowest BCUT2D eigenvalue weighted by atomic mass is 10.2. The quantitative estimate of drug-likeness (QED) is 0.742. The maximum absolute atomic E-state index is 13.0. The van der Waals surface area contributed by atoms with E-state index in [1.165, 1.54) is 6.07 Å². The second kappa shape index (κ2) is 9.10. The van der Waals surface area contributed by atoms with E-state index in [0.29, 0.717) is 12.2 Å². The van der Waals surface area contributed by atoms with Gasteiger partial charge in [-0.2, -0.15) is 11.8 Å². The van der Waals surface area contributed by atoms with Gasteiger partial charge in [0.15, 0.2) is 11.6 Å². The average molecular weight is 333 g/mol. The van der Waals surface area contributed by atoms with Crippen molar-refractivity contribution in [3.05, 3.63) is 71.8 Å². The summed E-state index contributed by atoms with van der Waals surface area (Å²) in [4.78, 5) is 11.7. The van der Waals surface area contributed by atoms with E-state index in [1.54, 1.807) is 11.8 Å². The van der Waals surface area contributed by atoms with Crippen LogP contribution in [0.3, 0.4) is 0 Å². The highest BCUT2D eigenvalue weighted by atomic mass is 32.2. The summed E-state index contributed by atoms with van der Waals surface area (Å²) in [5.41, 5.74) is 1.41. The highest BCUT2D eigenvalue weighted by Gasteiger charge is 2.05. The number of anilines is 1. The molecule has 0 radical (unpaired) electrons. The molecule has 0 atom stereocenters. The maximum Gasteiger partial charge on any atom is 0.225 e. The largest absolute Gasteiger partial charge is 0.326 e. The van der Waals surface area contributed by atoms with Gasteiger partial charge >= 0.3 is 0 Å². The van der Waals surface area contributed by atoms with E-state index in [2.05, 4.69) is 5.32 Å². The van der Waals surface area contributed by atoms with Crippen molar-refractivity contribution in [2.75, 3.05) is 16.8 Å². The lowest BCUT2D eigenvalue weighted by molar-refractivity contribution is -0.115. The van der Waals surface area contributed by atoms with Crippen molar-refractivity contribution >= 4 is 29.4 Å². The summed E-state index contributed by atoms with van der Waals surface area (Å²) < 4.78 is 25.8. The molecular weight excluding hydrogens is 316 g/mol. The topological polar surface area (TPSA) is 29.1 Å². The monoisotopic (exact) mass is 333 g/mol. The number of rotatable bonds is 7. The van der Waals surface area contributed by atoms with Gasteiger partial charge in [0.05, 0.1) is 0 Å². The maximum atomic E-state index is 13.0.